The fraction of sp³-hybridized carbons (Fsp3) is 0. The molecule has 0 aliphatic rings. The molecule has 19 heavy (non-hydrogen) atoms. The number of nitrogens with one attached hydrogen (secondary N) is 1. The van der Waals surface area contributed by atoms with E-state index in [9.17, 15) is 17.2 Å². The van der Waals surface area contributed by atoms with E-state index in [1.54, 1.807) is 0 Å². The van der Waals surface area contributed by atoms with E-state index in [-0.39, 0.29) is 10.2 Å². The Morgan fingerprint density at radius 2 is 1.74 bits per heavy atom. The van der Waals surface area contributed by atoms with Gasteiger partial charge < -0.3 is 0 Å². The van der Waals surface area contributed by atoms with Gasteiger partial charge in [0.05, 0.1) is 5.69 Å². The number of anilines is 1. The normalized spacial score (nSPS) is 11.3. The lowest BCUT2D eigenvalue weighted by molar-refractivity contribution is 0.570. The smallest absolute Gasteiger partial charge is 0.264 e. The van der Waals surface area contributed by atoms with E-state index in [2.05, 4.69) is 20.7 Å². The molecule has 0 atom stereocenters. The largest absolute Gasteiger partial charge is 0.278 e. The molecule has 0 unspecified atom stereocenters. The Kier molecular flexibility index (Phi) is 3.86. The molecule has 0 amide bonds. The van der Waals surface area contributed by atoms with Gasteiger partial charge in [-0.15, -0.1) is 0 Å². The predicted molar refractivity (Wildman–Crippen MR) is 71.3 cm³/mol. The van der Waals surface area contributed by atoms with Gasteiger partial charge in [0.1, 0.15) is 16.5 Å². The van der Waals surface area contributed by atoms with Crippen molar-refractivity contribution in [1.82, 2.24) is 0 Å². The molecule has 0 aliphatic heterocycles. The van der Waals surface area contributed by atoms with E-state index in [0.29, 0.717) is 0 Å². The van der Waals surface area contributed by atoms with Gasteiger partial charge >= 0.3 is 0 Å². The van der Waals surface area contributed by atoms with Crippen LogP contribution in [0.2, 0.25) is 0 Å². The third-order valence-electron chi connectivity index (χ3n) is 2.30. The number of rotatable bonds is 3. The van der Waals surface area contributed by atoms with Crippen molar-refractivity contribution in [2.75, 3.05) is 4.72 Å². The molecular weight excluding hydrogens is 340 g/mol. The molecule has 0 saturated heterocycles. The Morgan fingerprint density at radius 1 is 1.05 bits per heavy atom. The second-order valence-electron chi connectivity index (χ2n) is 3.66. The van der Waals surface area contributed by atoms with Gasteiger partial charge in [0.25, 0.3) is 10.0 Å². The van der Waals surface area contributed by atoms with Crippen molar-refractivity contribution >= 4 is 31.6 Å². The van der Waals surface area contributed by atoms with Crippen LogP contribution in [-0.4, -0.2) is 8.42 Å². The van der Waals surface area contributed by atoms with Crippen LogP contribution in [0.1, 0.15) is 0 Å². The minimum Gasteiger partial charge on any atom is -0.278 e. The highest BCUT2D eigenvalue weighted by atomic mass is 79.9. The van der Waals surface area contributed by atoms with Crippen molar-refractivity contribution in [3.8, 4) is 0 Å². The molecule has 0 spiro atoms. The predicted octanol–water partition coefficient (Wildman–Crippen LogP) is 3.53. The number of benzene rings is 2. The summed E-state index contributed by atoms with van der Waals surface area (Å²) in [6, 6.07) is 8.46. The minimum atomic E-state index is -4.06. The highest BCUT2D eigenvalue weighted by molar-refractivity contribution is 9.10. The zero-order valence-electron chi connectivity index (χ0n) is 9.40. The van der Waals surface area contributed by atoms with Gasteiger partial charge in [0, 0.05) is 4.47 Å². The maximum Gasteiger partial charge on any atom is 0.264 e. The molecule has 0 saturated carbocycles. The van der Waals surface area contributed by atoms with Gasteiger partial charge in [-0.3, -0.25) is 4.72 Å². The molecule has 2 aromatic rings. The first kappa shape index (κ1) is 14.0. The van der Waals surface area contributed by atoms with E-state index in [1.165, 1.54) is 18.2 Å². The molecule has 1 N–H and O–H groups in total. The van der Waals surface area contributed by atoms with E-state index in [1.807, 2.05) is 0 Å². The number of hydrogen-bond donors (Lipinski definition) is 1. The molecule has 0 bridgehead atoms. The van der Waals surface area contributed by atoms with E-state index < -0.39 is 26.6 Å². The molecule has 100 valence electrons. The molecular formula is C12H8BrF2NO2S. The Morgan fingerprint density at radius 3 is 2.37 bits per heavy atom. The van der Waals surface area contributed by atoms with Crippen molar-refractivity contribution in [3.63, 3.8) is 0 Å². The molecule has 0 aromatic heterocycles. The van der Waals surface area contributed by atoms with Crippen LogP contribution in [-0.2, 0) is 10.0 Å². The van der Waals surface area contributed by atoms with E-state index in [0.717, 1.165) is 24.3 Å². The average Bonchev–Trinajstić information content (AvgIpc) is 2.33. The third kappa shape index (κ3) is 3.10. The standard InChI is InChI=1S/C12H8BrF2NO2S/c13-9-7-8(14)5-6-11(9)16-19(17,18)12-4-2-1-3-10(12)15/h1-7,16H. The first-order valence-corrected chi connectivity index (χ1v) is 7.40. The first-order chi connectivity index (χ1) is 8.90. The molecule has 0 heterocycles. The maximum absolute atomic E-state index is 13.5. The monoisotopic (exact) mass is 347 g/mol. The van der Waals surface area contributed by atoms with Crippen molar-refractivity contribution in [2.45, 2.75) is 4.90 Å². The van der Waals surface area contributed by atoms with Crippen LogP contribution >= 0.6 is 15.9 Å². The molecule has 3 nitrogen and oxygen atoms in total. The number of hydrogen-bond acceptors (Lipinski definition) is 2. The van der Waals surface area contributed by atoms with Gasteiger partial charge in [0.15, 0.2) is 0 Å². The zero-order chi connectivity index (χ0) is 14.0. The molecule has 7 heteroatoms. The van der Waals surface area contributed by atoms with Crippen molar-refractivity contribution in [3.05, 3.63) is 58.6 Å². The molecule has 0 radical (unpaired) electrons. The number of halogens is 3. The summed E-state index contributed by atoms with van der Waals surface area (Å²) in [7, 11) is -4.06. The van der Waals surface area contributed by atoms with Crippen LogP contribution in [0.5, 0.6) is 0 Å². The fourth-order valence-electron chi connectivity index (χ4n) is 1.43. The summed E-state index contributed by atoms with van der Waals surface area (Å²) in [4.78, 5) is -0.466. The van der Waals surface area contributed by atoms with Crippen molar-refractivity contribution < 1.29 is 17.2 Å². The van der Waals surface area contributed by atoms with E-state index in [4.69, 9.17) is 0 Å². The lowest BCUT2D eigenvalue weighted by Crippen LogP contribution is -2.14. The SMILES string of the molecule is O=S(=O)(Nc1ccc(F)cc1Br)c1ccccc1F. The molecule has 0 fully saturated rings. The minimum absolute atomic E-state index is 0.129. The second-order valence-corrected chi connectivity index (χ2v) is 6.17. The second kappa shape index (κ2) is 5.26. The lowest BCUT2D eigenvalue weighted by atomic mass is 10.3. The van der Waals surface area contributed by atoms with Gasteiger partial charge in [-0.25, -0.2) is 17.2 Å². The van der Waals surface area contributed by atoms with Crippen LogP contribution in [0.3, 0.4) is 0 Å². The van der Waals surface area contributed by atoms with Crippen LogP contribution < -0.4 is 4.72 Å². The Labute approximate surface area is 117 Å². The van der Waals surface area contributed by atoms with Crippen molar-refractivity contribution in [1.29, 1.82) is 0 Å². The van der Waals surface area contributed by atoms with Crippen LogP contribution in [0.4, 0.5) is 14.5 Å². The summed E-state index contributed by atoms with van der Waals surface area (Å²) in [5.74, 6) is -1.37. The molecule has 2 aromatic carbocycles. The summed E-state index contributed by atoms with van der Waals surface area (Å²) in [6.45, 7) is 0. The van der Waals surface area contributed by atoms with Crippen LogP contribution in [0.25, 0.3) is 0 Å². The van der Waals surface area contributed by atoms with Gasteiger partial charge in [0.2, 0.25) is 0 Å². The highest BCUT2D eigenvalue weighted by Gasteiger charge is 2.19. The van der Waals surface area contributed by atoms with Gasteiger partial charge in [-0.2, -0.15) is 0 Å². The lowest BCUT2D eigenvalue weighted by Gasteiger charge is -2.10. The molecule has 2 rings (SSSR count). The summed E-state index contributed by atoms with van der Waals surface area (Å²) in [5, 5.41) is 0. The highest BCUT2D eigenvalue weighted by Crippen LogP contribution is 2.26. The van der Waals surface area contributed by atoms with Crippen molar-refractivity contribution in [2.24, 2.45) is 0 Å². The average molecular weight is 348 g/mol. The summed E-state index contributed by atoms with van der Waals surface area (Å²) < 4.78 is 52.8. The maximum atomic E-state index is 13.5. The topological polar surface area (TPSA) is 46.2 Å². The molecule has 0 aliphatic carbocycles. The Balaban J connectivity index is 2.40. The third-order valence-corrected chi connectivity index (χ3v) is 4.36. The van der Waals surface area contributed by atoms with Gasteiger partial charge in [-0.1, -0.05) is 12.1 Å². The fourth-order valence-corrected chi connectivity index (χ4v) is 3.18. The summed E-state index contributed by atoms with van der Waals surface area (Å²) in [6.07, 6.45) is 0. The summed E-state index contributed by atoms with van der Waals surface area (Å²) >= 11 is 3.03. The zero-order valence-corrected chi connectivity index (χ0v) is 11.8. The summed E-state index contributed by atoms with van der Waals surface area (Å²) in [5.41, 5.74) is 0.129. The van der Waals surface area contributed by atoms with E-state index >= 15 is 0 Å². The first-order valence-electron chi connectivity index (χ1n) is 5.12. The van der Waals surface area contributed by atoms with Gasteiger partial charge in [-0.05, 0) is 46.3 Å². The Hall–Kier alpha value is -1.47. The quantitative estimate of drug-likeness (QED) is 0.923. The number of sulfonamides is 1. The van der Waals surface area contributed by atoms with Crippen LogP contribution in [0.15, 0.2) is 51.8 Å². The Bertz CT molecular complexity index is 719. The van der Waals surface area contributed by atoms with Crippen LogP contribution in [0, 0.1) is 11.6 Å².